The predicted octanol–water partition coefficient (Wildman–Crippen LogP) is 6.58. The monoisotopic (exact) mass is 580 g/mol. The van der Waals surface area contributed by atoms with Gasteiger partial charge in [0.15, 0.2) is 0 Å². The molecule has 2 aliphatic heterocycles. The van der Waals surface area contributed by atoms with Gasteiger partial charge in [-0.1, -0.05) is 25.7 Å². The fourth-order valence-corrected chi connectivity index (χ4v) is 7.96. The number of carbonyl (C=O) groups excluding carboxylic acids is 2. The zero-order chi connectivity index (χ0) is 31.2. The third-order valence-electron chi connectivity index (χ3n) is 9.49. The SMILES string of the molecule is CCON1C(C)(C)CC(N(C)C(=O)CCCCCCCCC(=O)N(C)C2CC(C)(C)N(OC)C(C)(C)C2)CC1(C)C. The minimum Gasteiger partial charge on any atom is -0.343 e. The van der Waals surface area contributed by atoms with Gasteiger partial charge in [0.2, 0.25) is 11.8 Å². The molecule has 0 aromatic carbocycles. The average Bonchev–Trinajstić information content (AvgIpc) is 2.84. The van der Waals surface area contributed by atoms with Gasteiger partial charge < -0.3 is 14.6 Å². The second-order valence-corrected chi connectivity index (χ2v) is 15.2. The highest BCUT2D eigenvalue weighted by atomic mass is 16.7. The van der Waals surface area contributed by atoms with Gasteiger partial charge in [0.25, 0.3) is 0 Å². The van der Waals surface area contributed by atoms with Crippen LogP contribution in [0.4, 0.5) is 0 Å². The molecule has 240 valence electrons. The molecule has 0 atom stereocenters. The molecule has 2 heterocycles. The number of rotatable bonds is 14. The maximum atomic E-state index is 13.0. The number of nitrogens with zero attached hydrogens (tertiary/aromatic N) is 4. The maximum absolute atomic E-state index is 13.0. The van der Waals surface area contributed by atoms with Gasteiger partial charge in [-0.2, -0.15) is 10.1 Å². The number of hydrogen-bond donors (Lipinski definition) is 0. The summed E-state index contributed by atoms with van der Waals surface area (Å²) in [5.41, 5.74) is -0.496. The Morgan fingerprint density at radius 3 is 1.27 bits per heavy atom. The largest absolute Gasteiger partial charge is 0.343 e. The first-order valence-electron chi connectivity index (χ1n) is 16.2. The molecular formula is C33H64N4O4. The molecule has 2 rings (SSSR count). The molecule has 0 aromatic rings. The van der Waals surface area contributed by atoms with E-state index in [4.69, 9.17) is 9.68 Å². The number of hydrogen-bond acceptors (Lipinski definition) is 6. The fourth-order valence-electron chi connectivity index (χ4n) is 7.96. The Kier molecular flexibility index (Phi) is 12.7. The minimum absolute atomic E-state index is 0.123. The molecule has 0 aliphatic carbocycles. The molecule has 2 amide bonds. The number of hydroxylamine groups is 4. The van der Waals surface area contributed by atoms with E-state index in [9.17, 15) is 9.59 Å². The van der Waals surface area contributed by atoms with Gasteiger partial charge in [0, 0.05) is 61.2 Å². The van der Waals surface area contributed by atoms with E-state index >= 15 is 0 Å². The first-order chi connectivity index (χ1) is 18.9. The molecule has 0 spiro atoms. The zero-order valence-electron chi connectivity index (χ0n) is 28.8. The van der Waals surface area contributed by atoms with E-state index in [0.717, 1.165) is 64.2 Å². The second kappa shape index (κ2) is 14.5. The normalized spacial score (nSPS) is 22.9. The lowest BCUT2D eigenvalue weighted by Gasteiger charge is -2.55. The van der Waals surface area contributed by atoms with Gasteiger partial charge in [0.1, 0.15) is 0 Å². The summed E-state index contributed by atoms with van der Waals surface area (Å²) in [6.07, 6.45) is 11.1. The molecule has 0 aromatic heterocycles. The van der Waals surface area contributed by atoms with Gasteiger partial charge in [-0.25, -0.2) is 0 Å². The van der Waals surface area contributed by atoms with Gasteiger partial charge in [-0.15, -0.1) is 0 Å². The number of amides is 2. The van der Waals surface area contributed by atoms with Gasteiger partial charge in [-0.05, 0) is 101 Å². The van der Waals surface area contributed by atoms with Crippen molar-refractivity contribution in [2.24, 2.45) is 0 Å². The van der Waals surface area contributed by atoms with Crippen LogP contribution in [-0.4, -0.2) is 93.8 Å². The van der Waals surface area contributed by atoms with E-state index in [1.807, 2.05) is 30.8 Å². The molecule has 2 saturated heterocycles. The van der Waals surface area contributed by atoms with E-state index in [-0.39, 0.29) is 46.1 Å². The first-order valence-corrected chi connectivity index (χ1v) is 16.2. The van der Waals surface area contributed by atoms with Gasteiger partial charge in [0.05, 0.1) is 13.7 Å². The highest BCUT2D eigenvalue weighted by Gasteiger charge is 2.49. The average molecular weight is 581 g/mol. The van der Waals surface area contributed by atoms with Crippen LogP contribution < -0.4 is 0 Å². The van der Waals surface area contributed by atoms with E-state index in [0.29, 0.717) is 19.4 Å². The summed E-state index contributed by atoms with van der Waals surface area (Å²) in [7, 11) is 5.69. The Morgan fingerprint density at radius 2 is 0.951 bits per heavy atom. The maximum Gasteiger partial charge on any atom is 0.222 e. The zero-order valence-corrected chi connectivity index (χ0v) is 28.8. The third-order valence-corrected chi connectivity index (χ3v) is 9.49. The standard InChI is InChI=1S/C33H64N4O4/c1-13-41-37-32(6,7)24-27(25-33(37,8)9)35(11)29(39)21-19-17-15-14-16-18-20-28(38)34(10)26-22-30(2,3)36(40-12)31(4,5)23-26/h26-27H,13-25H2,1-12H3. The topological polar surface area (TPSA) is 65.6 Å². The van der Waals surface area contributed by atoms with Crippen molar-refractivity contribution < 1.29 is 19.3 Å². The third kappa shape index (κ3) is 9.38. The van der Waals surface area contributed by atoms with Crippen molar-refractivity contribution in [1.29, 1.82) is 0 Å². The summed E-state index contributed by atoms with van der Waals surface area (Å²) in [6, 6.07) is 0.452. The van der Waals surface area contributed by atoms with Crippen LogP contribution >= 0.6 is 0 Å². The van der Waals surface area contributed by atoms with Crippen LogP contribution in [0.5, 0.6) is 0 Å². The van der Waals surface area contributed by atoms with Crippen LogP contribution in [0.1, 0.15) is 139 Å². The van der Waals surface area contributed by atoms with Crippen molar-refractivity contribution in [3.63, 3.8) is 0 Å². The lowest BCUT2D eigenvalue weighted by molar-refractivity contribution is -0.284. The Hall–Kier alpha value is -1.22. The van der Waals surface area contributed by atoms with Crippen LogP contribution in [-0.2, 0) is 19.3 Å². The highest BCUT2D eigenvalue weighted by molar-refractivity contribution is 5.76. The quantitative estimate of drug-likeness (QED) is 0.216. The Balaban J connectivity index is 1.66. The number of unbranched alkanes of at least 4 members (excludes halogenated alkanes) is 5. The van der Waals surface area contributed by atoms with Crippen LogP contribution in [0.2, 0.25) is 0 Å². The fraction of sp³-hybridized carbons (Fsp3) is 0.939. The van der Waals surface area contributed by atoms with Crippen LogP contribution in [0.25, 0.3) is 0 Å². The van der Waals surface area contributed by atoms with Crippen LogP contribution in [0.3, 0.4) is 0 Å². The smallest absolute Gasteiger partial charge is 0.222 e. The number of piperidine rings is 2. The first kappa shape index (κ1) is 36.0. The van der Waals surface area contributed by atoms with Crippen molar-refractivity contribution >= 4 is 11.8 Å². The van der Waals surface area contributed by atoms with Gasteiger partial charge in [-0.3, -0.25) is 14.4 Å². The highest BCUT2D eigenvalue weighted by Crippen LogP contribution is 2.41. The molecule has 0 unspecified atom stereocenters. The Labute approximate surface area is 252 Å². The second-order valence-electron chi connectivity index (χ2n) is 15.2. The Bertz CT molecular complexity index is 820. The van der Waals surface area contributed by atoms with Crippen LogP contribution in [0.15, 0.2) is 0 Å². The lowest BCUT2D eigenvalue weighted by Crippen LogP contribution is -2.64. The van der Waals surface area contributed by atoms with Crippen molar-refractivity contribution in [3.8, 4) is 0 Å². The molecule has 0 radical (unpaired) electrons. The molecule has 0 N–H and O–H groups in total. The summed E-state index contributed by atoms with van der Waals surface area (Å²) in [4.78, 5) is 41.7. The molecule has 41 heavy (non-hydrogen) atoms. The van der Waals surface area contributed by atoms with E-state index in [1.165, 1.54) is 0 Å². The van der Waals surface area contributed by atoms with E-state index in [2.05, 4.69) is 65.5 Å². The molecule has 8 nitrogen and oxygen atoms in total. The van der Waals surface area contributed by atoms with Gasteiger partial charge >= 0.3 is 0 Å². The molecule has 8 heteroatoms. The van der Waals surface area contributed by atoms with Crippen molar-refractivity contribution in [3.05, 3.63) is 0 Å². The van der Waals surface area contributed by atoms with E-state index < -0.39 is 0 Å². The predicted molar refractivity (Wildman–Crippen MR) is 167 cm³/mol. The molecule has 2 aliphatic rings. The van der Waals surface area contributed by atoms with Crippen molar-refractivity contribution in [2.75, 3.05) is 27.8 Å². The molecule has 0 saturated carbocycles. The summed E-state index contributed by atoms with van der Waals surface area (Å²) >= 11 is 0. The molecule has 2 fully saturated rings. The van der Waals surface area contributed by atoms with Crippen LogP contribution in [0, 0.1) is 0 Å². The lowest BCUT2D eigenvalue weighted by atomic mass is 9.78. The summed E-state index contributed by atoms with van der Waals surface area (Å²) in [5, 5.41) is 4.24. The minimum atomic E-state index is -0.125. The van der Waals surface area contributed by atoms with E-state index in [1.54, 1.807) is 7.11 Å². The number of carbonyl (C=O) groups is 2. The summed E-state index contributed by atoms with van der Waals surface area (Å²) in [6.45, 7) is 20.3. The van der Waals surface area contributed by atoms with Crippen molar-refractivity contribution in [2.45, 2.75) is 174 Å². The van der Waals surface area contributed by atoms with Crippen molar-refractivity contribution in [1.82, 2.24) is 19.9 Å². The Morgan fingerprint density at radius 1 is 0.634 bits per heavy atom. The molecule has 0 bridgehead atoms. The molecular weight excluding hydrogens is 516 g/mol. The summed E-state index contributed by atoms with van der Waals surface area (Å²) in [5.74, 6) is 0.502. The summed E-state index contributed by atoms with van der Waals surface area (Å²) < 4.78 is 0.